The van der Waals surface area contributed by atoms with Crippen LogP contribution in [0.5, 0.6) is 0 Å². The van der Waals surface area contributed by atoms with Crippen LogP contribution in [0.25, 0.3) is 0 Å². The Morgan fingerprint density at radius 1 is 1.30 bits per heavy atom. The lowest BCUT2D eigenvalue weighted by Crippen LogP contribution is -2.47. The Morgan fingerprint density at radius 3 is 2.50 bits per heavy atom. The minimum absolute atomic E-state index is 0.144. The van der Waals surface area contributed by atoms with E-state index in [2.05, 4.69) is 32.9 Å². The molecule has 3 heteroatoms. The number of nitrogens with two attached hydrogens (primary N) is 1. The molecule has 0 bridgehead atoms. The van der Waals surface area contributed by atoms with E-state index in [0.717, 1.165) is 24.9 Å². The summed E-state index contributed by atoms with van der Waals surface area (Å²) in [5.74, 6) is 1.09. The zero-order valence-corrected chi connectivity index (χ0v) is 12.8. The van der Waals surface area contributed by atoms with E-state index in [4.69, 9.17) is 5.73 Å². The van der Waals surface area contributed by atoms with Gasteiger partial charge in [0.05, 0.1) is 0 Å². The van der Waals surface area contributed by atoms with Crippen LogP contribution >= 0.6 is 0 Å². The van der Waals surface area contributed by atoms with Crippen molar-refractivity contribution in [3.05, 3.63) is 35.4 Å². The minimum Gasteiger partial charge on any atom is -0.336 e. The smallest absolute Gasteiger partial charge is 0.254 e. The van der Waals surface area contributed by atoms with Gasteiger partial charge in [-0.05, 0) is 55.8 Å². The van der Waals surface area contributed by atoms with Gasteiger partial charge in [0.15, 0.2) is 0 Å². The topological polar surface area (TPSA) is 46.3 Å². The molecule has 1 aromatic carbocycles. The zero-order valence-electron chi connectivity index (χ0n) is 12.8. The van der Waals surface area contributed by atoms with Gasteiger partial charge in [0.1, 0.15) is 0 Å². The monoisotopic (exact) mass is 274 g/mol. The minimum atomic E-state index is 0.144. The zero-order chi connectivity index (χ0) is 14.7. The van der Waals surface area contributed by atoms with Crippen molar-refractivity contribution >= 4 is 5.91 Å². The maximum atomic E-state index is 12.6. The summed E-state index contributed by atoms with van der Waals surface area (Å²) in [5.41, 5.74) is 7.83. The van der Waals surface area contributed by atoms with Gasteiger partial charge in [-0.1, -0.05) is 26.0 Å². The Labute approximate surface area is 122 Å². The highest BCUT2D eigenvalue weighted by Crippen LogP contribution is 2.23. The molecule has 110 valence electrons. The van der Waals surface area contributed by atoms with Crippen molar-refractivity contribution in [2.24, 2.45) is 11.7 Å². The summed E-state index contributed by atoms with van der Waals surface area (Å²) in [7, 11) is 0. The summed E-state index contributed by atoms with van der Waals surface area (Å²) >= 11 is 0. The van der Waals surface area contributed by atoms with Gasteiger partial charge in [-0.2, -0.15) is 0 Å². The molecule has 3 nitrogen and oxygen atoms in total. The molecule has 1 saturated heterocycles. The van der Waals surface area contributed by atoms with Crippen LogP contribution in [-0.4, -0.2) is 29.9 Å². The van der Waals surface area contributed by atoms with Gasteiger partial charge < -0.3 is 10.6 Å². The Hall–Kier alpha value is -1.35. The number of piperidine rings is 1. The average molecular weight is 274 g/mol. The standard InChI is InChI=1S/C17H26N2O/c1-12(2)15-6-8-16(9-7-15)17(20)19-11-14(10-18)5-4-13(19)3/h6-9,12-14H,4-5,10-11,18H2,1-3H3. The number of amides is 1. The largest absolute Gasteiger partial charge is 0.336 e. The molecule has 20 heavy (non-hydrogen) atoms. The molecule has 0 saturated carbocycles. The molecular formula is C17H26N2O. The van der Waals surface area contributed by atoms with Crippen molar-refractivity contribution < 1.29 is 4.79 Å². The van der Waals surface area contributed by atoms with Crippen LogP contribution < -0.4 is 5.73 Å². The Balaban J connectivity index is 2.13. The summed E-state index contributed by atoms with van der Waals surface area (Å²) in [6, 6.07) is 8.35. The second-order valence-corrected chi connectivity index (χ2v) is 6.26. The fraction of sp³-hybridized carbons (Fsp3) is 0.588. The highest BCUT2D eigenvalue weighted by Gasteiger charge is 2.28. The van der Waals surface area contributed by atoms with Crippen LogP contribution in [0.2, 0.25) is 0 Å². The maximum Gasteiger partial charge on any atom is 0.254 e. The first-order valence-electron chi connectivity index (χ1n) is 7.64. The fourth-order valence-electron chi connectivity index (χ4n) is 2.83. The Morgan fingerprint density at radius 2 is 1.95 bits per heavy atom. The highest BCUT2D eigenvalue weighted by atomic mass is 16.2. The summed E-state index contributed by atoms with van der Waals surface area (Å²) in [6.45, 7) is 7.92. The normalized spacial score (nSPS) is 23.1. The Kier molecular flexibility index (Phi) is 4.81. The SMILES string of the molecule is CC(C)c1ccc(C(=O)N2CC(CN)CCC2C)cc1. The third kappa shape index (κ3) is 3.21. The molecular weight excluding hydrogens is 248 g/mol. The van der Waals surface area contributed by atoms with Gasteiger partial charge in [-0.3, -0.25) is 4.79 Å². The maximum absolute atomic E-state index is 12.6. The van der Waals surface area contributed by atoms with Crippen molar-refractivity contribution in [1.82, 2.24) is 4.90 Å². The predicted octanol–water partition coefficient (Wildman–Crippen LogP) is 3.01. The molecule has 0 radical (unpaired) electrons. The second-order valence-electron chi connectivity index (χ2n) is 6.26. The lowest BCUT2D eigenvalue weighted by molar-refractivity contribution is 0.0567. The molecule has 1 aliphatic rings. The molecule has 0 aliphatic carbocycles. The number of carbonyl (C=O) groups excluding carboxylic acids is 1. The molecule has 1 heterocycles. The molecule has 2 rings (SSSR count). The Bertz CT molecular complexity index is 453. The highest BCUT2D eigenvalue weighted by molar-refractivity contribution is 5.94. The van der Waals surface area contributed by atoms with Gasteiger partial charge in [0, 0.05) is 18.2 Å². The van der Waals surface area contributed by atoms with E-state index in [1.54, 1.807) is 0 Å². The van der Waals surface area contributed by atoms with Gasteiger partial charge in [-0.15, -0.1) is 0 Å². The molecule has 2 unspecified atom stereocenters. The summed E-state index contributed by atoms with van der Waals surface area (Å²) < 4.78 is 0. The molecule has 0 aromatic heterocycles. The van der Waals surface area contributed by atoms with Gasteiger partial charge >= 0.3 is 0 Å². The van der Waals surface area contributed by atoms with Crippen molar-refractivity contribution in [2.45, 2.75) is 45.6 Å². The van der Waals surface area contributed by atoms with E-state index >= 15 is 0 Å². The number of benzene rings is 1. The lowest BCUT2D eigenvalue weighted by Gasteiger charge is -2.37. The fourth-order valence-corrected chi connectivity index (χ4v) is 2.83. The van der Waals surface area contributed by atoms with E-state index in [9.17, 15) is 4.79 Å². The first-order valence-corrected chi connectivity index (χ1v) is 7.64. The number of likely N-dealkylation sites (tertiary alicyclic amines) is 1. The van der Waals surface area contributed by atoms with Gasteiger partial charge in [0.2, 0.25) is 0 Å². The quantitative estimate of drug-likeness (QED) is 0.921. The summed E-state index contributed by atoms with van der Waals surface area (Å²) in [5, 5.41) is 0. The number of rotatable bonds is 3. The predicted molar refractivity (Wildman–Crippen MR) is 82.8 cm³/mol. The van der Waals surface area contributed by atoms with Crippen LogP contribution in [-0.2, 0) is 0 Å². The van der Waals surface area contributed by atoms with Crippen LogP contribution in [0.1, 0.15) is 55.5 Å². The molecule has 1 amide bonds. The number of nitrogens with zero attached hydrogens (tertiary/aromatic N) is 1. The first kappa shape index (κ1) is 15.0. The first-order chi connectivity index (χ1) is 9.52. The van der Waals surface area contributed by atoms with E-state index in [1.165, 1.54) is 5.56 Å². The van der Waals surface area contributed by atoms with Crippen LogP contribution in [0.4, 0.5) is 0 Å². The number of hydrogen-bond donors (Lipinski definition) is 1. The van der Waals surface area contributed by atoms with E-state index in [0.29, 0.717) is 24.4 Å². The summed E-state index contributed by atoms with van der Waals surface area (Å²) in [6.07, 6.45) is 2.19. The van der Waals surface area contributed by atoms with Crippen molar-refractivity contribution in [1.29, 1.82) is 0 Å². The van der Waals surface area contributed by atoms with Crippen LogP contribution in [0.3, 0.4) is 0 Å². The summed E-state index contributed by atoms with van der Waals surface area (Å²) in [4.78, 5) is 14.6. The van der Waals surface area contributed by atoms with E-state index in [-0.39, 0.29) is 5.91 Å². The van der Waals surface area contributed by atoms with Gasteiger partial charge in [0.25, 0.3) is 5.91 Å². The van der Waals surface area contributed by atoms with Crippen LogP contribution in [0.15, 0.2) is 24.3 Å². The molecule has 1 aromatic rings. The number of carbonyl (C=O) groups is 1. The van der Waals surface area contributed by atoms with Crippen LogP contribution in [0, 0.1) is 5.92 Å². The molecule has 1 fully saturated rings. The molecule has 1 aliphatic heterocycles. The van der Waals surface area contributed by atoms with Crippen molar-refractivity contribution in [3.63, 3.8) is 0 Å². The molecule has 0 spiro atoms. The third-order valence-electron chi connectivity index (χ3n) is 4.40. The molecule has 2 atom stereocenters. The third-order valence-corrected chi connectivity index (χ3v) is 4.40. The average Bonchev–Trinajstić information content (AvgIpc) is 2.47. The molecule has 2 N–H and O–H groups in total. The van der Waals surface area contributed by atoms with Crippen molar-refractivity contribution in [3.8, 4) is 0 Å². The van der Waals surface area contributed by atoms with Gasteiger partial charge in [-0.25, -0.2) is 0 Å². The number of hydrogen-bond acceptors (Lipinski definition) is 2. The lowest BCUT2D eigenvalue weighted by atomic mass is 9.92. The van der Waals surface area contributed by atoms with E-state index in [1.807, 2.05) is 17.0 Å². The van der Waals surface area contributed by atoms with E-state index < -0.39 is 0 Å². The van der Waals surface area contributed by atoms with Crippen molar-refractivity contribution in [2.75, 3.05) is 13.1 Å². The second kappa shape index (κ2) is 6.40.